The summed E-state index contributed by atoms with van der Waals surface area (Å²) in [6.45, 7) is 0. The Morgan fingerprint density at radius 2 is 1.41 bits per heavy atom. The van der Waals surface area contributed by atoms with Gasteiger partial charge in [-0.1, -0.05) is 19.3 Å². The van der Waals surface area contributed by atoms with Crippen molar-refractivity contribution >= 4 is 5.97 Å². The van der Waals surface area contributed by atoms with Crippen molar-refractivity contribution in [3.8, 4) is 0 Å². The molecule has 0 aromatic rings. The molecule has 4 fully saturated rings. The van der Waals surface area contributed by atoms with E-state index in [2.05, 4.69) is 0 Å². The lowest BCUT2D eigenvalue weighted by molar-refractivity contribution is -0.162. The molecule has 17 heavy (non-hydrogen) atoms. The van der Waals surface area contributed by atoms with E-state index in [-0.39, 0.29) is 5.41 Å². The van der Waals surface area contributed by atoms with Crippen LogP contribution in [0.15, 0.2) is 0 Å². The minimum atomic E-state index is -0.519. The lowest BCUT2D eigenvalue weighted by Crippen LogP contribution is -2.49. The van der Waals surface area contributed by atoms with Gasteiger partial charge in [-0.2, -0.15) is 0 Å². The Bertz CT molecular complexity index is 290. The number of hydrogen-bond acceptors (Lipinski definition) is 1. The van der Waals surface area contributed by atoms with Crippen molar-refractivity contribution in [1.29, 1.82) is 0 Å². The second kappa shape index (κ2) is 4.00. The molecule has 96 valence electrons. The Morgan fingerprint density at radius 1 is 0.882 bits per heavy atom. The van der Waals surface area contributed by atoms with Crippen LogP contribution in [0.3, 0.4) is 0 Å². The molecule has 4 aliphatic carbocycles. The molecule has 2 nitrogen and oxygen atoms in total. The van der Waals surface area contributed by atoms with E-state index in [0.29, 0.717) is 5.41 Å². The van der Waals surface area contributed by atoms with Gasteiger partial charge in [0.1, 0.15) is 0 Å². The van der Waals surface area contributed by atoms with Gasteiger partial charge in [0.25, 0.3) is 0 Å². The van der Waals surface area contributed by atoms with Crippen molar-refractivity contribution in [1.82, 2.24) is 0 Å². The van der Waals surface area contributed by atoms with E-state index in [9.17, 15) is 9.90 Å². The molecule has 4 aliphatic rings. The zero-order valence-corrected chi connectivity index (χ0v) is 10.7. The Morgan fingerprint density at radius 3 is 1.88 bits per heavy atom. The maximum absolute atomic E-state index is 11.4. The lowest BCUT2D eigenvalue weighted by Gasteiger charge is -2.55. The maximum Gasteiger partial charge on any atom is 0.309 e. The largest absolute Gasteiger partial charge is 0.481 e. The highest BCUT2D eigenvalue weighted by Crippen LogP contribution is 2.61. The molecular weight excluding hydrogens is 212 g/mol. The average molecular weight is 236 g/mol. The number of hydrogen-bond donors (Lipinski definition) is 1. The number of fused-ring (bicyclic) bond motifs is 3. The molecule has 0 unspecified atom stereocenters. The number of carbonyl (C=O) groups is 1. The molecule has 0 aromatic heterocycles. The highest BCUT2D eigenvalue weighted by molar-refractivity contribution is 5.75. The minimum absolute atomic E-state index is 0.323. The third-order valence-electron chi connectivity index (χ3n) is 6.23. The van der Waals surface area contributed by atoms with Crippen molar-refractivity contribution in [2.24, 2.45) is 16.7 Å². The standard InChI is InChI=1S/C15H24O2/c16-13(17)15-9-6-14(7-10-15,8-11-15)12-4-2-1-3-5-12/h12H,1-11H2,(H,16,17). The van der Waals surface area contributed by atoms with Gasteiger partial charge in [0.2, 0.25) is 0 Å². The summed E-state index contributed by atoms with van der Waals surface area (Å²) in [6.07, 6.45) is 13.5. The smallest absolute Gasteiger partial charge is 0.309 e. The molecular formula is C15H24O2. The van der Waals surface area contributed by atoms with Crippen LogP contribution >= 0.6 is 0 Å². The Hall–Kier alpha value is -0.530. The molecule has 0 spiro atoms. The Labute approximate surface area is 104 Å². The Balaban J connectivity index is 1.74. The predicted molar refractivity (Wildman–Crippen MR) is 66.8 cm³/mol. The molecule has 0 aromatic carbocycles. The number of carboxylic acid groups (broad SMARTS) is 1. The fourth-order valence-electron chi connectivity index (χ4n) is 4.86. The summed E-state index contributed by atoms with van der Waals surface area (Å²) in [5, 5.41) is 9.41. The summed E-state index contributed by atoms with van der Waals surface area (Å²) in [7, 11) is 0. The van der Waals surface area contributed by atoms with Gasteiger partial charge in [0.15, 0.2) is 0 Å². The van der Waals surface area contributed by atoms with Crippen LogP contribution in [-0.4, -0.2) is 11.1 Å². The average Bonchev–Trinajstić information content (AvgIpc) is 2.42. The van der Waals surface area contributed by atoms with Crippen LogP contribution in [0, 0.1) is 16.7 Å². The fraction of sp³-hybridized carbons (Fsp3) is 0.933. The first-order chi connectivity index (χ1) is 8.17. The van der Waals surface area contributed by atoms with Gasteiger partial charge in [-0.3, -0.25) is 4.79 Å². The van der Waals surface area contributed by atoms with Crippen LogP contribution in [0.4, 0.5) is 0 Å². The predicted octanol–water partition coefficient (Wildman–Crippen LogP) is 3.99. The second-order valence-corrected chi connectivity index (χ2v) is 6.78. The normalized spacial score (nSPS) is 42.6. The highest BCUT2D eigenvalue weighted by Gasteiger charge is 2.54. The van der Waals surface area contributed by atoms with E-state index in [4.69, 9.17) is 0 Å². The van der Waals surface area contributed by atoms with Crippen LogP contribution in [0.25, 0.3) is 0 Å². The molecule has 4 rings (SSSR count). The summed E-state index contributed by atoms with van der Waals surface area (Å²) in [6, 6.07) is 0. The third kappa shape index (κ3) is 1.71. The zero-order chi connectivity index (χ0) is 11.9. The molecule has 0 heterocycles. The van der Waals surface area contributed by atoms with Gasteiger partial charge in [0.05, 0.1) is 5.41 Å². The summed E-state index contributed by atoms with van der Waals surface area (Å²) in [5.74, 6) is 0.401. The molecule has 0 radical (unpaired) electrons. The molecule has 1 N–H and O–H groups in total. The van der Waals surface area contributed by atoms with Gasteiger partial charge in [0, 0.05) is 0 Å². The van der Waals surface area contributed by atoms with E-state index in [1.54, 1.807) is 0 Å². The van der Waals surface area contributed by atoms with E-state index < -0.39 is 5.97 Å². The summed E-state index contributed by atoms with van der Waals surface area (Å²) in [5.41, 5.74) is 0.230. The van der Waals surface area contributed by atoms with Crippen LogP contribution in [0.5, 0.6) is 0 Å². The maximum atomic E-state index is 11.4. The van der Waals surface area contributed by atoms with Crippen LogP contribution < -0.4 is 0 Å². The molecule has 0 amide bonds. The zero-order valence-electron chi connectivity index (χ0n) is 10.7. The topological polar surface area (TPSA) is 37.3 Å². The van der Waals surface area contributed by atoms with Gasteiger partial charge < -0.3 is 5.11 Å². The van der Waals surface area contributed by atoms with Crippen LogP contribution in [0.1, 0.15) is 70.6 Å². The molecule has 4 saturated carbocycles. The van der Waals surface area contributed by atoms with Crippen LogP contribution in [0.2, 0.25) is 0 Å². The number of aliphatic carboxylic acids is 1. The highest BCUT2D eigenvalue weighted by atomic mass is 16.4. The minimum Gasteiger partial charge on any atom is -0.481 e. The molecule has 2 heteroatoms. The quantitative estimate of drug-likeness (QED) is 0.787. The summed E-state index contributed by atoms with van der Waals surface area (Å²) >= 11 is 0. The third-order valence-corrected chi connectivity index (χ3v) is 6.23. The first-order valence-electron chi connectivity index (χ1n) is 7.40. The molecule has 2 bridgehead atoms. The van der Waals surface area contributed by atoms with Crippen molar-refractivity contribution in [3.63, 3.8) is 0 Å². The van der Waals surface area contributed by atoms with Crippen LogP contribution in [-0.2, 0) is 4.79 Å². The lowest BCUT2D eigenvalue weighted by atomic mass is 9.49. The molecule has 0 aliphatic heterocycles. The number of rotatable bonds is 2. The van der Waals surface area contributed by atoms with Crippen molar-refractivity contribution in [2.45, 2.75) is 70.6 Å². The van der Waals surface area contributed by atoms with Crippen molar-refractivity contribution < 1.29 is 9.90 Å². The van der Waals surface area contributed by atoms with Gasteiger partial charge in [-0.15, -0.1) is 0 Å². The van der Waals surface area contributed by atoms with E-state index in [1.807, 2.05) is 0 Å². The number of carboxylic acids is 1. The summed E-state index contributed by atoms with van der Waals surface area (Å²) < 4.78 is 0. The van der Waals surface area contributed by atoms with E-state index in [1.165, 1.54) is 51.4 Å². The van der Waals surface area contributed by atoms with Gasteiger partial charge in [-0.25, -0.2) is 0 Å². The van der Waals surface area contributed by atoms with E-state index >= 15 is 0 Å². The van der Waals surface area contributed by atoms with Crippen molar-refractivity contribution in [2.75, 3.05) is 0 Å². The fourth-order valence-corrected chi connectivity index (χ4v) is 4.86. The monoisotopic (exact) mass is 236 g/mol. The molecule has 0 atom stereocenters. The summed E-state index contributed by atoms with van der Waals surface area (Å²) in [4.78, 5) is 11.4. The molecule has 0 saturated heterocycles. The van der Waals surface area contributed by atoms with Crippen molar-refractivity contribution in [3.05, 3.63) is 0 Å². The van der Waals surface area contributed by atoms with Gasteiger partial charge >= 0.3 is 5.97 Å². The Kier molecular flexibility index (Phi) is 2.72. The second-order valence-electron chi connectivity index (χ2n) is 6.78. The van der Waals surface area contributed by atoms with E-state index in [0.717, 1.165) is 25.2 Å². The first-order valence-corrected chi connectivity index (χ1v) is 7.40. The SMILES string of the molecule is O=C(O)C12CCC(C3CCCCC3)(CC1)CC2. The van der Waals surface area contributed by atoms with Gasteiger partial charge in [-0.05, 0) is 62.7 Å². The first kappa shape index (κ1) is 11.6.